The summed E-state index contributed by atoms with van der Waals surface area (Å²) in [5.41, 5.74) is 7.20. The minimum absolute atomic E-state index is 0.464. The zero-order valence-electron chi connectivity index (χ0n) is 10.3. The van der Waals surface area contributed by atoms with Gasteiger partial charge in [0.2, 0.25) is 6.29 Å². The number of hydrogen-bond acceptors (Lipinski definition) is 3. The van der Waals surface area contributed by atoms with Crippen molar-refractivity contribution in [1.82, 2.24) is 0 Å². The normalized spacial score (nSPS) is 19.6. The van der Waals surface area contributed by atoms with Crippen molar-refractivity contribution in [1.29, 1.82) is 0 Å². The largest absolute Gasteiger partial charge is 0.363 e. The van der Waals surface area contributed by atoms with Crippen molar-refractivity contribution in [3.05, 3.63) is 59.2 Å². The van der Waals surface area contributed by atoms with E-state index in [0.29, 0.717) is 6.42 Å². The van der Waals surface area contributed by atoms with E-state index in [2.05, 4.69) is 47.6 Å². The van der Waals surface area contributed by atoms with Gasteiger partial charge in [0.15, 0.2) is 0 Å². The molecule has 3 nitrogen and oxygen atoms in total. The number of aliphatic hydroxyl groups excluding tert-OH is 1. The number of rotatable bonds is 1. The van der Waals surface area contributed by atoms with E-state index in [0.717, 1.165) is 17.7 Å². The SMILES string of the molecule is OC1CC(c2ccc3c(c2)Cc2ccccc2-3)=NO1. The summed E-state index contributed by atoms with van der Waals surface area (Å²) < 4.78 is 0. The zero-order chi connectivity index (χ0) is 12.8. The van der Waals surface area contributed by atoms with Gasteiger partial charge < -0.3 is 9.94 Å². The van der Waals surface area contributed by atoms with Crippen molar-refractivity contribution in [2.75, 3.05) is 0 Å². The summed E-state index contributed by atoms with van der Waals surface area (Å²) in [6, 6.07) is 14.9. The van der Waals surface area contributed by atoms with Gasteiger partial charge in [0.1, 0.15) is 0 Å². The van der Waals surface area contributed by atoms with Gasteiger partial charge in [-0.05, 0) is 40.3 Å². The average molecular weight is 251 g/mol. The van der Waals surface area contributed by atoms with E-state index >= 15 is 0 Å². The summed E-state index contributed by atoms with van der Waals surface area (Å²) in [7, 11) is 0. The Hall–Kier alpha value is -2.13. The van der Waals surface area contributed by atoms with Gasteiger partial charge in [0.25, 0.3) is 0 Å². The van der Waals surface area contributed by atoms with Crippen LogP contribution in [0, 0.1) is 0 Å². The van der Waals surface area contributed by atoms with Crippen molar-refractivity contribution in [2.24, 2.45) is 5.16 Å². The summed E-state index contributed by atoms with van der Waals surface area (Å²) in [6.07, 6.45) is 0.641. The molecule has 1 unspecified atom stereocenters. The summed E-state index contributed by atoms with van der Waals surface area (Å²) in [6.45, 7) is 0. The van der Waals surface area contributed by atoms with Gasteiger partial charge in [-0.2, -0.15) is 0 Å². The predicted molar refractivity (Wildman–Crippen MR) is 72.9 cm³/mol. The number of oxime groups is 1. The minimum atomic E-state index is -0.791. The maximum atomic E-state index is 9.36. The molecule has 2 aromatic carbocycles. The van der Waals surface area contributed by atoms with Crippen molar-refractivity contribution >= 4 is 5.71 Å². The molecule has 0 saturated heterocycles. The van der Waals surface area contributed by atoms with Crippen LogP contribution in [0.2, 0.25) is 0 Å². The molecule has 4 rings (SSSR count). The van der Waals surface area contributed by atoms with Gasteiger partial charge in [-0.1, -0.05) is 41.6 Å². The second kappa shape index (κ2) is 3.93. The van der Waals surface area contributed by atoms with Gasteiger partial charge in [0, 0.05) is 0 Å². The number of benzene rings is 2. The molecule has 19 heavy (non-hydrogen) atoms. The van der Waals surface area contributed by atoms with E-state index in [9.17, 15) is 5.11 Å². The first kappa shape index (κ1) is 10.8. The first-order chi connectivity index (χ1) is 9.31. The molecule has 0 fully saturated rings. The van der Waals surface area contributed by atoms with Crippen LogP contribution < -0.4 is 0 Å². The molecule has 1 aliphatic heterocycles. The van der Waals surface area contributed by atoms with Crippen LogP contribution in [0.5, 0.6) is 0 Å². The number of nitrogens with zero attached hydrogens (tertiary/aromatic N) is 1. The summed E-state index contributed by atoms with van der Waals surface area (Å²) >= 11 is 0. The fraction of sp³-hybridized carbons (Fsp3) is 0.188. The molecule has 0 saturated carbocycles. The highest BCUT2D eigenvalue weighted by Gasteiger charge is 2.22. The highest BCUT2D eigenvalue weighted by atomic mass is 16.7. The lowest BCUT2D eigenvalue weighted by atomic mass is 10.00. The number of fused-ring (bicyclic) bond motifs is 3. The topological polar surface area (TPSA) is 41.8 Å². The molecule has 2 aliphatic rings. The Morgan fingerprint density at radius 2 is 1.89 bits per heavy atom. The first-order valence-electron chi connectivity index (χ1n) is 6.43. The summed E-state index contributed by atoms with van der Waals surface area (Å²) in [5, 5.41) is 13.3. The molecule has 0 amide bonds. The van der Waals surface area contributed by atoms with E-state index < -0.39 is 6.29 Å². The van der Waals surface area contributed by atoms with Crippen LogP contribution >= 0.6 is 0 Å². The molecule has 1 heterocycles. The van der Waals surface area contributed by atoms with Crippen LogP contribution in [0.3, 0.4) is 0 Å². The maximum absolute atomic E-state index is 9.36. The zero-order valence-corrected chi connectivity index (χ0v) is 10.3. The van der Waals surface area contributed by atoms with Gasteiger partial charge in [0.05, 0.1) is 12.1 Å². The van der Waals surface area contributed by atoms with E-state index in [1.165, 1.54) is 22.3 Å². The van der Waals surface area contributed by atoms with Crippen LogP contribution in [0.15, 0.2) is 47.6 Å². The van der Waals surface area contributed by atoms with Crippen LogP contribution in [-0.4, -0.2) is 17.1 Å². The lowest BCUT2D eigenvalue weighted by Gasteiger charge is -2.04. The van der Waals surface area contributed by atoms with Crippen molar-refractivity contribution in [2.45, 2.75) is 19.1 Å². The molecule has 0 bridgehead atoms. The van der Waals surface area contributed by atoms with Crippen LogP contribution in [0.4, 0.5) is 0 Å². The van der Waals surface area contributed by atoms with Crippen molar-refractivity contribution in [3.8, 4) is 11.1 Å². The molecule has 94 valence electrons. The monoisotopic (exact) mass is 251 g/mol. The molecule has 1 aliphatic carbocycles. The summed E-state index contributed by atoms with van der Waals surface area (Å²) in [5.74, 6) is 0. The Morgan fingerprint density at radius 3 is 2.74 bits per heavy atom. The quantitative estimate of drug-likeness (QED) is 0.722. The van der Waals surface area contributed by atoms with Gasteiger partial charge >= 0.3 is 0 Å². The Morgan fingerprint density at radius 1 is 1.05 bits per heavy atom. The van der Waals surface area contributed by atoms with E-state index in [1.54, 1.807) is 0 Å². The molecular weight excluding hydrogens is 238 g/mol. The molecule has 3 heteroatoms. The minimum Gasteiger partial charge on any atom is -0.363 e. The van der Waals surface area contributed by atoms with E-state index in [1.807, 2.05) is 0 Å². The molecular formula is C16H13NO2. The molecule has 0 spiro atoms. The van der Waals surface area contributed by atoms with Gasteiger partial charge in [-0.25, -0.2) is 0 Å². The Kier molecular flexibility index (Phi) is 2.23. The third-order valence-corrected chi connectivity index (χ3v) is 3.78. The number of hydrogen-bond donors (Lipinski definition) is 1. The Bertz CT molecular complexity index is 691. The lowest BCUT2D eigenvalue weighted by molar-refractivity contribution is -0.0762. The fourth-order valence-electron chi connectivity index (χ4n) is 2.86. The molecule has 0 aromatic heterocycles. The number of aliphatic hydroxyl groups is 1. The first-order valence-corrected chi connectivity index (χ1v) is 6.43. The van der Waals surface area contributed by atoms with Crippen molar-refractivity contribution < 1.29 is 9.94 Å². The molecule has 1 atom stereocenters. The Balaban J connectivity index is 1.76. The standard InChI is InChI=1S/C16H13NO2/c18-16-9-15(17-19-16)11-5-6-14-12(8-11)7-10-3-1-2-4-13(10)14/h1-6,8,16,18H,7,9H2. The van der Waals surface area contributed by atoms with Gasteiger partial charge in [-0.15, -0.1) is 0 Å². The average Bonchev–Trinajstić information content (AvgIpc) is 3.01. The molecule has 2 aromatic rings. The second-order valence-electron chi connectivity index (χ2n) is 5.01. The second-order valence-corrected chi connectivity index (χ2v) is 5.01. The highest BCUT2D eigenvalue weighted by molar-refractivity contribution is 6.02. The van der Waals surface area contributed by atoms with Crippen LogP contribution in [0.1, 0.15) is 23.1 Å². The third-order valence-electron chi connectivity index (χ3n) is 3.78. The lowest BCUT2D eigenvalue weighted by Crippen LogP contribution is -2.06. The van der Waals surface area contributed by atoms with Crippen LogP contribution in [-0.2, 0) is 11.3 Å². The van der Waals surface area contributed by atoms with Crippen molar-refractivity contribution in [3.63, 3.8) is 0 Å². The van der Waals surface area contributed by atoms with Gasteiger partial charge in [-0.3, -0.25) is 0 Å². The predicted octanol–water partition coefficient (Wildman–Crippen LogP) is 2.70. The Labute approximate surface area is 111 Å². The fourth-order valence-corrected chi connectivity index (χ4v) is 2.86. The van der Waals surface area contributed by atoms with E-state index in [4.69, 9.17) is 4.84 Å². The van der Waals surface area contributed by atoms with Crippen LogP contribution in [0.25, 0.3) is 11.1 Å². The molecule has 1 N–H and O–H groups in total. The smallest absolute Gasteiger partial charge is 0.230 e. The highest BCUT2D eigenvalue weighted by Crippen LogP contribution is 2.37. The summed E-state index contributed by atoms with van der Waals surface area (Å²) in [4.78, 5) is 4.84. The third kappa shape index (κ3) is 1.66. The van der Waals surface area contributed by atoms with E-state index in [-0.39, 0.29) is 0 Å². The maximum Gasteiger partial charge on any atom is 0.230 e. The molecule has 0 radical (unpaired) electrons.